The lowest BCUT2D eigenvalue weighted by Crippen LogP contribution is -2.03. The van der Waals surface area contributed by atoms with Crippen molar-refractivity contribution < 1.29 is 0 Å². The van der Waals surface area contributed by atoms with Crippen molar-refractivity contribution >= 4 is 119 Å². The minimum atomic E-state index is 0.668. The van der Waals surface area contributed by atoms with Crippen molar-refractivity contribution in [2.75, 3.05) is 0 Å². The van der Waals surface area contributed by atoms with E-state index in [0.717, 1.165) is 49.4 Å². The second kappa shape index (κ2) is 12.6. The van der Waals surface area contributed by atoms with Crippen molar-refractivity contribution in [2.45, 2.75) is 0 Å². The van der Waals surface area contributed by atoms with E-state index in [1.54, 1.807) is 11.3 Å². The number of rotatable bonds is 4. The van der Waals surface area contributed by atoms with Gasteiger partial charge in [0.15, 0.2) is 0 Å². The Bertz CT molecular complexity index is 4630. The van der Waals surface area contributed by atoms with E-state index >= 15 is 0 Å². The summed E-state index contributed by atoms with van der Waals surface area (Å²) in [6.45, 7) is 0. The van der Waals surface area contributed by atoms with E-state index in [4.69, 9.17) is 9.97 Å². The Hall–Kier alpha value is -8.58. The molecule has 0 radical (unpaired) electrons. The van der Waals surface area contributed by atoms with Gasteiger partial charge in [0.1, 0.15) is 4.83 Å². The van der Waals surface area contributed by atoms with Gasteiger partial charge in [0.2, 0.25) is 5.95 Å². The maximum atomic E-state index is 5.77. The Labute approximate surface area is 380 Å². The molecular formula is C60H33N5S. The van der Waals surface area contributed by atoms with Gasteiger partial charge in [0.25, 0.3) is 0 Å². The van der Waals surface area contributed by atoms with Gasteiger partial charge in [0.05, 0.1) is 38.8 Å². The van der Waals surface area contributed by atoms with Crippen LogP contribution in [-0.2, 0) is 0 Å². The Balaban J connectivity index is 1.03. The van der Waals surface area contributed by atoms with E-state index in [2.05, 4.69) is 214 Å². The van der Waals surface area contributed by atoms with Gasteiger partial charge in [-0.1, -0.05) is 127 Å². The van der Waals surface area contributed by atoms with Gasteiger partial charge in [-0.2, -0.15) is 0 Å². The molecule has 0 N–H and O–H groups in total. The Kier molecular flexibility index (Phi) is 6.64. The molecule has 0 saturated carbocycles. The molecule has 10 aromatic carbocycles. The molecule has 0 fully saturated rings. The molecule has 0 bridgehead atoms. The highest BCUT2D eigenvalue weighted by Crippen LogP contribution is 2.52. The van der Waals surface area contributed by atoms with Crippen molar-refractivity contribution in [3.63, 3.8) is 0 Å². The van der Waals surface area contributed by atoms with Crippen LogP contribution in [0.4, 0.5) is 0 Å². The number of nitrogens with zero attached hydrogens (tertiary/aromatic N) is 5. The largest absolute Gasteiger partial charge is 0.309 e. The number of thiophene rings is 1. The molecule has 5 aromatic heterocycles. The molecule has 6 heteroatoms. The Morgan fingerprint density at radius 3 is 1.73 bits per heavy atom. The van der Waals surface area contributed by atoms with Crippen molar-refractivity contribution in [1.82, 2.24) is 23.7 Å². The molecule has 304 valence electrons. The summed E-state index contributed by atoms with van der Waals surface area (Å²) in [4.78, 5) is 12.3. The number of fused-ring (bicyclic) bond motifs is 8. The number of hydrogen-bond donors (Lipinski definition) is 0. The molecule has 0 amide bonds. The van der Waals surface area contributed by atoms with Crippen molar-refractivity contribution in [3.8, 4) is 39.7 Å². The summed E-state index contributed by atoms with van der Waals surface area (Å²) in [6, 6.07) is 73.3. The van der Waals surface area contributed by atoms with Gasteiger partial charge < -0.3 is 9.13 Å². The molecule has 5 heterocycles. The SMILES string of the molecule is c1ccc(-n2c3cc(-c4nc(-n5c6cccc7c6c6c8c9c%10c-7cccc%10ccc9n(-c7ccccc7)c8ccc65)nc5sc6ccccc6c45)ccc3c3cc4ccccc4cc32)cc1. The minimum Gasteiger partial charge on any atom is -0.309 e. The third kappa shape index (κ3) is 4.43. The smallest absolute Gasteiger partial charge is 0.236 e. The lowest BCUT2D eigenvalue weighted by Gasteiger charge is -2.13. The number of hydrogen-bond acceptors (Lipinski definition) is 3. The molecule has 16 rings (SSSR count). The van der Waals surface area contributed by atoms with Crippen LogP contribution in [0, 0.1) is 0 Å². The maximum Gasteiger partial charge on any atom is 0.236 e. The van der Waals surface area contributed by atoms with Crippen molar-refractivity contribution in [1.29, 1.82) is 0 Å². The highest BCUT2D eigenvalue weighted by molar-refractivity contribution is 7.25. The van der Waals surface area contributed by atoms with E-state index in [-0.39, 0.29) is 0 Å². The molecule has 15 aromatic rings. The van der Waals surface area contributed by atoms with Crippen molar-refractivity contribution in [3.05, 3.63) is 200 Å². The third-order valence-electron chi connectivity index (χ3n) is 14.3. The first kappa shape index (κ1) is 34.9. The summed E-state index contributed by atoms with van der Waals surface area (Å²) in [5.74, 6) is 0.668. The number of aromatic nitrogens is 5. The van der Waals surface area contributed by atoms with Crippen LogP contribution in [0.5, 0.6) is 0 Å². The first-order valence-electron chi connectivity index (χ1n) is 22.5. The predicted octanol–water partition coefficient (Wildman–Crippen LogP) is 16.1. The normalized spacial score (nSPS) is 12.5. The molecule has 0 atom stereocenters. The van der Waals surface area contributed by atoms with Crippen molar-refractivity contribution in [2.24, 2.45) is 0 Å². The van der Waals surface area contributed by atoms with Crippen LogP contribution in [0.2, 0.25) is 0 Å². The van der Waals surface area contributed by atoms with Gasteiger partial charge in [-0.05, 0) is 105 Å². The van der Waals surface area contributed by atoms with Crippen LogP contribution in [0.3, 0.4) is 0 Å². The molecule has 0 aliphatic heterocycles. The first-order valence-corrected chi connectivity index (χ1v) is 23.3. The van der Waals surface area contributed by atoms with Crippen LogP contribution in [0.1, 0.15) is 0 Å². The number of benzene rings is 10. The van der Waals surface area contributed by atoms with Crippen LogP contribution in [-0.4, -0.2) is 23.7 Å². The lowest BCUT2D eigenvalue weighted by molar-refractivity contribution is 1.02. The zero-order valence-corrected chi connectivity index (χ0v) is 36.0. The maximum absolute atomic E-state index is 5.77. The molecule has 5 nitrogen and oxygen atoms in total. The van der Waals surface area contributed by atoms with Gasteiger partial charge in [0, 0.05) is 64.7 Å². The molecule has 1 aliphatic rings. The van der Waals surface area contributed by atoms with Gasteiger partial charge in [-0.15, -0.1) is 11.3 Å². The van der Waals surface area contributed by atoms with E-state index in [1.807, 2.05) is 0 Å². The van der Waals surface area contributed by atoms with Gasteiger partial charge in [-0.25, -0.2) is 9.97 Å². The fourth-order valence-corrected chi connectivity index (χ4v) is 12.7. The second-order valence-corrected chi connectivity index (χ2v) is 18.7. The third-order valence-corrected chi connectivity index (χ3v) is 15.4. The van der Waals surface area contributed by atoms with E-state index in [0.29, 0.717) is 5.95 Å². The summed E-state index contributed by atoms with van der Waals surface area (Å²) in [7, 11) is 0. The Morgan fingerprint density at radius 2 is 0.924 bits per heavy atom. The summed E-state index contributed by atoms with van der Waals surface area (Å²) >= 11 is 1.74. The topological polar surface area (TPSA) is 40.6 Å². The Morgan fingerprint density at radius 1 is 0.333 bits per heavy atom. The fourth-order valence-electron chi connectivity index (χ4n) is 11.7. The highest BCUT2D eigenvalue weighted by Gasteiger charge is 2.29. The summed E-state index contributed by atoms with van der Waals surface area (Å²) in [5.41, 5.74) is 13.7. The molecule has 0 saturated heterocycles. The van der Waals surface area contributed by atoms with E-state index < -0.39 is 0 Å². The summed E-state index contributed by atoms with van der Waals surface area (Å²) in [6.07, 6.45) is 0. The van der Waals surface area contributed by atoms with Crippen LogP contribution >= 0.6 is 11.3 Å². The van der Waals surface area contributed by atoms with Crippen LogP contribution in [0.15, 0.2) is 200 Å². The molecular weight excluding hydrogens is 823 g/mol. The van der Waals surface area contributed by atoms with Crippen LogP contribution < -0.4 is 0 Å². The second-order valence-electron chi connectivity index (χ2n) is 17.7. The van der Waals surface area contributed by atoms with Gasteiger partial charge >= 0.3 is 0 Å². The average Bonchev–Trinajstić information content (AvgIpc) is 4.09. The monoisotopic (exact) mass is 855 g/mol. The summed E-state index contributed by atoms with van der Waals surface area (Å²) in [5, 5.41) is 14.7. The molecule has 66 heavy (non-hydrogen) atoms. The lowest BCUT2D eigenvalue weighted by atomic mass is 9.95. The predicted molar refractivity (Wildman–Crippen MR) is 277 cm³/mol. The van der Waals surface area contributed by atoms with E-state index in [1.165, 1.54) is 91.6 Å². The molecule has 0 spiro atoms. The first-order chi connectivity index (χ1) is 32.7. The quantitative estimate of drug-likeness (QED) is 0.177. The fraction of sp³-hybridized carbons (Fsp3) is 0. The molecule has 0 unspecified atom stereocenters. The number of para-hydroxylation sites is 2. The summed E-state index contributed by atoms with van der Waals surface area (Å²) < 4.78 is 8.40. The molecule has 1 aliphatic carbocycles. The highest BCUT2D eigenvalue weighted by atomic mass is 32.1. The minimum absolute atomic E-state index is 0.668. The standard InChI is InChI=1S/C60H33N5S/c1-3-16-38(17-4-1)63-46-28-26-34-15-11-21-41-42-22-12-23-45-53(42)56-48(30-29-47(63)57(56)55(46)52(34)41)65(45)60-61-58(54-43-20-9-10-24-51(43)66-59(54)62-60)37-25-27-40-44-31-35-13-7-8-14-36(35)32-50(44)64(49(40)33-37)39-18-5-2-6-19-39/h1-33H. The van der Waals surface area contributed by atoms with Crippen LogP contribution in [0.25, 0.3) is 147 Å². The van der Waals surface area contributed by atoms with Gasteiger partial charge in [-0.3, -0.25) is 4.57 Å². The zero-order valence-electron chi connectivity index (χ0n) is 35.2. The zero-order chi connectivity index (χ0) is 42.8. The van der Waals surface area contributed by atoms with E-state index in [9.17, 15) is 0 Å². The average molecular weight is 856 g/mol.